The van der Waals surface area contributed by atoms with E-state index in [1.54, 1.807) is 0 Å². The Kier molecular flexibility index (Phi) is 6.64. The summed E-state index contributed by atoms with van der Waals surface area (Å²) >= 11 is 0. The van der Waals surface area contributed by atoms with Crippen molar-refractivity contribution in [1.82, 2.24) is 0 Å². The molecule has 138 valence electrons. The molecule has 3 aromatic rings. The van der Waals surface area contributed by atoms with E-state index in [4.69, 9.17) is 0 Å². The zero-order valence-corrected chi connectivity index (χ0v) is 17.6. The molecule has 0 fully saturated rings. The Bertz CT molecular complexity index is 754. The molecule has 0 heterocycles. The smallest absolute Gasteiger partial charge is 0.0791 e. The van der Waals surface area contributed by atoms with Gasteiger partial charge in [0.2, 0.25) is 0 Å². The quantitative estimate of drug-likeness (QED) is 0.353. The highest BCUT2D eigenvalue weighted by Gasteiger charge is 2.45. The van der Waals surface area contributed by atoms with Crippen LogP contribution in [0.15, 0.2) is 103 Å². The molecule has 27 heavy (non-hydrogen) atoms. The molecule has 0 nitrogen and oxygen atoms in total. The summed E-state index contributed by atoms with van der Waals surface area (Å²) in [5.41, 5.74) is 1.49. The minimum Gasteiger partial charge on any atom is -0.0791 e. The molecule has 1 heteroatoms. The van der Waals surface area contributed by atoms with Gasteiger partial charge < -0.3 is 0 Å². The molecule has 0 saturated carbocycles. The van der Waals surface area contributed by atoms with Crippen LogP contribution in [0.2, 0.25) is 0 Å². The van der Waals surface area contributed by atoms with Crippen molar-refractivity contribution in [2.45, 2.75) is 27.2 Å². The largest absolute Gasteiger partial charge is 0.116 e. The predicted octanol–water partition coefficient (Wildman–Crippen LogP) is 5.97. The average molecular weight is 374 g/mol. The van der Waals surface area contributed by atoms with Gasteiger partial charge in [0, 0.05) is 0 Å². The Hall–Kier alpha value is -2.17. The lowest BCUT2D eigenvalue weighted by Gasteiger charge is -2.28. The number of allylic oxidation sites excluding steroid dienone is 2. The molecule has 0 aliphatic carbocycles. The molecule has 0 amide bonds. The first-order chi connectivity index (χ1) is 13.2. The molecule has 0 radical (unpaired) electrons. The van der Waals surface area contributed by atoms with E-state index in [0.29, 0.717) is 5.92 Å². The van der Waals surface area contributed by atoms with Crippen molar-refractivity contribution >= 4 is 23.2 Å². The fraction of sp³-hybridized carbons (Fsp3) is 0.231. The maximum Gasteiger partial charge on any atom is 0.116 e. The van der Waals surface area contributed by atoms with Gasteiger partial charge in [-0.1, -0.05) is 80.9 Å². The van der Waals surface area contributed by atoms with Gasteiger partial charge in [0.25, 0.3) is 0 Å². The minimum absolute atomic E-state index is 0.620. The monoisotopic (exact) mass is 373 g/mol. The lowest BCUT2D eigenvalue weighted by Crippen LogP contribution is -2.33. The molecule has 0 aliphatic rings. The van der Waals surface area contributed by atoms with Crippen molar-refractivity contribution in [2.24, 2.45) is 5.92 Å². The molecule has 3 aromatic carbocycles. The van der Waals surface area contributed by atoms with Crippen molar-refractivity contribution in [1.29, 1.82) is 0 Å². The van der Waals surface area contributed by atoms with Crippen molar-refractivity contribution in [2.75, 3.05) is 6.16 Å². The zero-order valence-electron chi connectivity index (χ0n) is 16.7. The zero-order chi connectivity index (χ0) is 19.1. The second kappa shape index (κ2) is 9.16. The van der Waals surface area contributed by atoms with E-state index >= 15 is 0 Å². The first kappa shape index (κ1) is 19.6. The van der Waals surface area contributed by atoms with Crippen molar-refractivity contribution in [3.63, 3.8) is 0 Å². The molecule has 0 bridgehead atoms. The van der Waals surface area contributed by atoms with Crippen molar-refractivity contribution in [3.8, 4) is 0 Å². The Morgan fingerprint density at radius 2 is 1.11 bits per heavy atom. The second-order valence-electron chi connectivity index (χ2n) is 7.37. The number of rotatable bonds is 7. The minimum atomic E-state index is -1.74. The van der Waals surface area contributed by atoms with E-state index in [2.05, 4.69) is 118 Å². The van der Waals surface area contributed by atoms with Gasteiger partial charge in [-0.15, -0.1) is 0 Å². The highest BCUT2D eigenvalue weighted by Crippen LogP contribution is 2.56. The number of hydrogen-bond donors (Lipinski definition) is 0. The van der Waals surface area contributed by atoms with Crippen LogP contribution >= 0.6 is 7.26 Å². The van der Waals surface area contributed by atoms with Crippen LogP contribution in [0.5, 0.6) is 0 Å². The predicted molar refractivity (Wildman–Crippen MR) is 123 cm³/mol. The van der Waals surface area contributed by atoms with Gasteiger partial charge in [-0.3, -0.25) is 0 Å². The van der Waals surface area contributed by atoms with Gasteiger partial charge in [0.15, 0.2) is 0 Å². The topological polar surface area (TPSA) is 0 Å². The highest BCUT2D eigenvalue weighted by atomic mass is 31.2. The second-order valence-corrected chi connectivity index (χ2v) is 10.9. The maximum absolute atomic E-state index is 2.48. The van der Waals surface area contributed by atoms with Crippen LogP contribution in [-0.4, -0.2) is 6.16 Å². The van der Waals surface area contributed by atoms with Gasteiger partial charge in [-0.2, -0.15) is 0 Å². The fourth-order valence-corrected chi connectivity index (χ4v) is 8.14. The first-order valence-corrected chi connectivity index (χ1v) is 11.9. The molecular weight excluding hydrogens is 343 g/mol. The van der Waals surface area contributed by atoms with Crippen LogP contribution in [0, 0.1) is 5.92 Å². The molecule has 1 atom stereocenters. The summed E-state index contributed by atoms with van der Waals surface area (Å²) in [7, 11) is -1.74. The van der Waals surface area contributed by atoms with Gasteiger partial charge in [0.05, 0.1) is 6.16 Å². The van der Waals surface area contributed by atoms with E-state index < -0.39 is 7.26 Å². The third kappa shape index (κ3) is 4.40. The SMILES string of the molecule is CC[C@@H](C)/C=C(\C)C[P+](c1ccccc1)(c1ccccc1)c1ccccc1. The molecule has 0 aliphatic heterocycles. The highest BCUT2D eigenvalue weighted by molar-refractivity contribution is 7.95. The summed E-state index contributed by atoms with van der Waals surface area (Å²) in [6, 6.07) is 33.4. The molecular formula is C26H30P+. The summed E-state index contributed by atoms with van der Waals surface area (Å²) in [5, 5.41) is 4.37. The Morgan fingerprint density at radius 3 is 1.44 bits per heavy atom. The van der Waals surface area contributed by atoms with E-state index in [-0.39, 0.29) is 0 Å². The van der Waals surface area contributed by atoms with Crippen LogP contribution in [-0.2, 0) is 0 Å². The van der Waals surface area contributed by atoms with E-state index in [9.17, 15) is 0 Å². The Labute approximate surface area is 165 Å². The summed E-state index contributed by atoms with van der Waals surface area (Å²) in [6.07, 6.45) is 4.75. The number of hydrogen-bond acceptors (Lipinski definition) is 0. The third-order valence-corrected chi connectivity index (χ3v) is 9.80. The maximum atomic E-state index is 2.48. The Balaban J connectivity index is 2.24. The summed E-state index contributed by atoms with van der Waals surface area (Å²) in [6.45, 7) is 6.90. The lowest BCUT2D eigenvalue weighted by molar-refractivity contribution is 0.693. The van der Waals surface area contributed by atoms with E-state index in [1.807, 2.05) is 0 Å². The van der Waals surface area contributed by atoms with Gasteiger partial charge in [-0.05, 0) is 54.8 Å². The summed E-state index contributed by atoms with van der Waals surface area (Å²) < 4.78 is 0. The van der Waals surface area contributed by atoms with Crippen molar-refractivity contribution < 1.29 is 0 Å². The standard InChI is InChI=1S/C26H30P/c1-4-22(2)20-23(3)21-27(24-14-8-5-9-15-24,25-16-10-6-11-17-25)26-18-12-7-13-19-26/h5-20,22H,4,21H2,1-3H3/q+1/b23-20+/t22-/m1/s1. The normalized spacial score (nSPS) is 13.4. The van der Waals surface area contributed by atoms with E-state index in [1.165, 1.54) is 27.9 Å². The van der Waals surface area contributed by atoms with Crippen LogP contribution in [0.1, 0.15) is 27.2 Å². The fourth-order valence-electron chi connectivity index (χ4n) is 3.80. The third-order valence-electron chi connectivity index (χ3n) is 5.29. The summed E-state index contributed by atoms with van der Waals surface area (Å²) in [5.74, 6) is 0.620. The Morgan fingerprint density at radius 1 is 0.741 bits per heavy atom. The van der Waals surface area contributed by atoms with Crippen LogP contribution < -0.4 is 15.9 Å². The van der Waals surface area contributed by atoms with Crippen molar-refractivity contribution in [3.05, 3.63) is 103 Å². The van der Waals surface area contributed by atoms with Gasteiger partial charge in [-0.25, -0.2) is 0 Å². The average Bonchev–Trinajstić information content (AvgIpc) is 2.74. The lowest BCUT2D eigenvalue weighted by atomic mass is 10.1. The van der Waals surface area contributed by atoms with Gasteiger partial charge >= 0.3 is 0 Å². The number of benzene rings is 3. The van der Waals surface area contributed by atoms with Crippen LogP contribution in [0.25, 0.3) is 0 Å². The molecule has 0 N–H and O–H groups in total. The summed E-state index contributed by atoms with van der Waals surface area (Å²) in [4.78, 5) is 0. The first-order valence-electron chi connectivity index (χ1n) is 9.89. The van der Waals surface area contributed by atoms with Crippen LogP contribution in [0.4, 0.5) is 0 Å². The molecule has 3 rings (SSSR count). The van der Waals surface area contributed by atoms with Gasteiger partial charge in [0.1, 0.15) is 23.2 Å². The van der Waals surface area contributed by atoms with Crippen LogP contribution in [0.3, 0.4) is 0 Å². The van der Waals surface area contributed by atoms with E-state index in [0.717, 1.165) is 6.16 Å². The molecule has 0 spiro atoms. The molecule has 0 unspecified atom stereocenters. The molecule has 0 saturated heterocycles. The molecule has 0 aromatic heterocycles.